The molecule has 2 heterocycles. The third kappa shape index (κ3) is 5.44. The second-order valence-corrected chi connectivity index (χ2v) is 12.6. The van der Waals surface area contributed by atoms with Gasteiger partial charge in [-0.3, -0.25) is 14.7 Å². The zero-order valence-electron chi connectivity index (χ0n) is 21.0. The van der Waals surface area contributed by atoms with Gasteiger partial charge in [-0.25, -0.2) is 13.4 Å². The van der Waals surface area contributed by atoms with Gasteiger partial charge in [0.2, 0.25) is 10.0 Å². The lowest BCUT2D eigenvalue weighted by atomic mass is 9.96. The van der Waals surface area contributed by atoms with Crippen LogP contribution in [0.1, 0.15) is 53.6 Å². The van der Waals surface area contributed by atoms with Crippen LogP contribution in [0.3, 0.4) is 0 Å². The Morgan fingerprint density at radius 1 is 1.05 bits per heavy atom. The summed E-state index contributed by atoms with van der Waals surface area (Å²) < 4.78 is 29.0. The fraction of sp³-hybridized carbons (Fsp3) is 0.321. The predicted octanol–water partition coefficient (Wildman–Crippen LogP) is 5.80. The molecule has 192 valence electrons. The summed E-state index contributed by atoms with van der Waals surface area (Å²) in [5.41, 5.74) is 3.24. The zero-order valence-corrected chi connectivity index (χ0v) is 22.6. The molecule has 2 aromatic carbocycles. The van der Waals surface area contributed by atoms with E-state index in [2.05, 4.69) is 11.1 Å². The molecular formula is C28H30N4O3S2. The first-order valence-electron chi connectivity index (χ1n) is 12.5. The summed E-state index contributed by atoms with van der Waals surface area (Å²) >= 11 is 1.46. The van der Waals surface area contributed by atoms with E-state index in [-0.39, 0.29) is 16.8 Å². The van der Waals surface area contributed by atoms with Crippen molar-refractivity contribution in [3.8, 4) is 0 Å². The normalized spacial score (nSPS) is 14.8. The molecule has 1 saturated carbocycles. The van der Waals surface area contributed by atoms with Gasteiger partial charge in [0.1, 0.15) is 0 Å². The van der Waals surface area contributed by atoms with Crippen LogP contribution in [-0.4, -0.2) is 41.7 Å². The molecule has 1 fully saturated rings. The van der Waals surface area contributed by atoms with Crippen LogP contribution < -0.4 is 4.90 Å². The molecule has 2 aromatic heterocycles. The lowest BCUT2D eigenvalue weighted by molar-refractivity contribution is 0.0985. The Bertz CT molecular complexity index is 1500. The van der Waals surface area contributed by atoms with Crippen LogP contribution in [0.2, 0.25) is 0 Å². The average molecular weight is 535 g/mol. The minimum atomic E-state index is -3.63. The van der Waals surface area contributed by atoms with Crippen molar-refractivity contribution in [3.05, 3.63) is 83.7 Å². The summed E-state index contributed by atoms with van der Waals surface area (Å²) in [4.78, 5) is 24.5. The van der Waals surface area contributed by atoms with Crippen LogP contribution in [0.15, 0.2) is 71.9 Å². The van der Waals surface area contributed by atoms with Crippen LogP contribution in [0.25, 0.3) is 10.2 Å². The number of fused-ring (bicyclic) bond motifs is 1. The zero-order chi connectivity index (χ0) is 26.0. The molecule has 1 aliphatic carbocycles. The maximum atomic E-state index is 13.7. The van der Waals surface area contributed by atoms with E-state index in [1.54, 1.807) is 36.5 Å². The van der Waals surface area contributed by atoms with Crippen molar-refractivity contribution in [1.82, 2.24) is 14.3 Å². The molecular weight excluding hydrogens is 504 g/mol. The van der Waals surface area contributed by atoms with Gasteiger partial charge in [0.25, 0.3) is 5.91 Å². The summed E-state index contributed by atoms with van der Waals surface area (Å²) in [5.74, 6) is -0.246. The number of sulfonamides is 1. The van der Waals surface area contributed by atoms with Crippen molar-refractivity contribution >= 4 is 42.6 Å². The van der Waals surface area contributed by atoms with Crippen molar-refractivity contribution in [1.29, 1.82) is 0 Å². The van der Waals surface area contributed by atoms with E-state index in [0.717, 1.165) is 53.4 Å². The van der Waals surface area contributed by atoms with E-state index < -0.39 is 10.0 Å². The molecule has 7 nitrogen and oxygen atoms in total. The van der Waals surface area contributed by atoms with Crippen molar-refractivity contribution < 1.29 is 13.2 Å². The number of carbonyl (C=O) groups excluding carboxylic acids is 1. The smallest absolute Gasteiger partial charge is 0.260 e. The largest absolute Gasteiger partial charge is 0.279 e. The fourth-order valence-electron chi connectivity index (χ4n) is 4.77. The quantitative estimate of drug-likeness (QED) is 0.299. The van der Waals surface area contributed by atoms with Gasteiger partial charge in [-0.15, -0.1) is 0 Å². The number of hydrogen-bond acceptors (Lipinski definition) is 6. The molecule has 4 aromatic rings. The molecule has 0 N–H and O–H groups in total. The lowest BCUT2D eigenvalue weighted by Gasteiger charge is -2.30. The van der Waals surface area contributed by atoms with E-state index >= 15 is 0 Å². The summed E-state index contributed by atoms with van der Waals surface area (Å²) in [6, 6.07) is 16.1. The molecule has 9 heteroatoms. The molecule has 0 atom stereocenters. The molecule has 0 aliphatic heterocycles. The first-order valence-corrected chi connectivity index (χ1v) is 14.7. The molecule has 0 saturated heterocycles. The topological polar surface area (TPSA) is 83.5 Å². The summed E-state index contributed by atoms with van der Waals surface area (Å²) in [5, 5.41) is 0.586. The first-order chi connectivity index (χ1) is 17.8. The standard InChI is InChI=1S/C28H30N4O3S2/c1-20-10-15-25-26(17-20)36-28(30-25)32(19-21-7-6-16-29-18-21)27(33)22-11-13-24(14-12-22)37(34,35)31(2)23-8-4-3-5-9-23/h6-7,10-18,23H,3-5,8-9,19H2,1-2H3. The molecule has 0 spiro atoms. The van der Waals surface area contributed by atoms with Gasteiger partial charge in [-0.1, -0.05) is 42.7 Å². The van der Waals surface area contributed by atoms with E-state index in [0.29, 0.717) is 17.2 Å². The van der Waals surface area contributed by atoms with Gasteiger partial charge in [0.15, 0.2) is 5.13 Å². The second-order valence-electron chi connectivity index (χ2n) is 9.56. The summed E-state index contributed by atoms with van der Waals surface area (Å²) in [6.07, 6.45) is 8.46. The number of thiazole rings is 1. The summed E-state index contributed by atoms with van der Waals surface area (Å²) in [6.45, 7) is 2.33. The Hall–Kier alpha value is -3.14. The van der Waals surface area contributed by atoms with Gasteiger partial charge >= 0.3 is 0 Å². The Balaban J connectivity index is 1.44. The number of amides is 1. The number of pyridine rings is 1. The SMILES string of the molecule is Cc1ccc2nc(N(Cc3cccnc3)C(=O)c3ccc(S(=O)(=O)N(C)C4CCCCC4)cc3)sc2c1. The highest BCUT2D eigenvalue weighted by Gasteiger charge is 2.29. The highest BCUT2D eigenvalue weighted by Crippen LogP contribution is 2.32. The number of anilines is 1. The summed E-state index contributed by atoms with van der Waals surface area (Å²) in [7, 11) is -1.97. The van der Waals surface area contributed by atoms with Gasteiger partial charge in [0, 0.05) is 31.0 Å². The van der Waals surface area contributed by atoms with Crippen LogP contribution in [-0.2, 0) is 16.6 Å². The highest BCUT2D eigenvalue weighted by molar-refractivity contribution is 7.89. The van der Waals surface area contributed by atoms with Gasteiger partial charge in [0.05, 0.1) is 21.7 Å². The Morgan fingerprint density at radius 2 is 1.81 bits per heavy atom. The Morgan fingerprint density at radius 3 is 2.51 bits per heavy atom. The number of benzene rings is 2. The predicted molar refractivity (Wildman–Crippen MR) is 147 cm³/mol. The number of hydrogen-bond donors (Lipinski definition) is 0. The van der Waals surface area contributed by atoms with Crippen molar-refractivity contribution in [2.75, 3.05) is 11.9 Å². The first kappa shape index (κ1) is 25.5. The highest BCUT2D eigenvalue weighted by atomic mass is 32.2. The molecule has 1 amide bonds. The van der Waals surface area contributed by atoms with Gasteiger partial charge < -0.3 is 0 Å². The lowest BCUT2D eigenvalue weighted by Crippen LogP contribution is -2.38. The third-order valence-electron chi connectivity index (χ3n) is 6.94. The minimum Gasteiger partial charge on any atom is -0.279 e. The number of rotatable bonds is 7. The van der Waals surface area contributed by atoms with Crippen molar-refractivity contribution in [2.45, 2.75) is 56.5 Å². The maximum absolute atomic E-state index is 13.7. The Labute approximate surface area is 221 Å². The average Bonchev–Trinajstić information content (AvgIpc) is 3.35. The molecule has 37 heavy (non-hydrogen) atoms. The molecule has 0 unspecified atom stereocenters. The second kappa shape index (κ2) is 10.7. The molecule has 0 bridgehead atoms. The van der Waals surface area contributed by atoms with Crippen molar-refractivity contribution in [3.63, 3.8) is 0 Å². The minimum absolute atomic E-state index is 0.0257. The molecule has 1 aliphatic rings. The van der Waals surface area contributed by atoms with E-state index in [1.807, 2.05) is 31.2 Å². The number of aromatic nitrogens is 2. The number of aryl methyl sites for hydroxylation is 1. The van der Waals surface area contributed by atoms with Crippen LogP contribution in [0, 0.1) is 6.92 Å². The van der Waals surface area contributed by atoms with Crippen LogP contribution >= 0.6 is 11.3 Å². The van der Waals surface area contributed by atoms with Crippen LogP contribution in [0.4, 0.5) is 5.13 Å². The van der Waals surface area contributed by atoms with Gasteiger partial charge in [-0.2, -0.15) is 4.31 Å². The molecule has 0 radical (unpaired) electrons. The monoisotopic (exact) mass is 534 g/mol. The van der Waals surface area contributed by atoms with E-state index in [4.69, 9.17) is 4.98 Å². The van der Waals surface area contributed by atoms with E-state index in [1.165, 1.54) is 27.8 Å². The molecule has 5 rings (SSSR count). The maximum Gasteiger partial charge on any atom is 0.260 e. The van der Waals surface area contributed by atoms with E-state index in [9.17, 15) is 13.2 Å². The van der Waals surface area contributed by atoms with Crippen molar-refractivity contribution in [2.24, 2.45) is 0 Å². The Kier molecular flexibility index (Phi) is 7.37. The number of nitrogens with zero attached hydrogens (tertiary/aromatic N) is 4. The van der Waals surface area contributed by atoms with Gasteiger partial charge in [-0.05, 0) is 73.4 Å². The van der Waals surface area contributed by atoms with Crippen LogP contribution in [0.5, 0.6) is 0 Å². The third-order valence-corrected chi connectivity index (χ3v) is 9.90. The number of carbonyl (C=O) groups is 1. The fourth-order valence-corrected chi connectivity index (χ4v) is 7.25.